The second-order valence-corrected chi connectivity index (χ2v) is 4.23. The van der Waals surface area contributed by atoms with Crippen LogP contribution in [0.2, 0.25) is 0 Å². The molecule has 0 saturated carbocycles. The van der Waals surface area contributed by atoms with Crippen LogP contribution in [-0.2, 0) is 20.7 Å². The first-order valence-electron chi connectivity index (χ1n) is 5.89. The van der Waals surface area contributed by atoms with E-state index in [2.05, 4.69) is 10.1 Å². The molecule has 1 rings (SSSR count). The minimum Gasteiger partial charge on any atom is -0.467 e. The third-order valence-corrected chi connectivity index (χ3v) is 2.66. The van der Waals surface area contributed by atoms with Crippen LogP contribution in [0.15, 0.2) is 24.3 Å². The number of methoxy groups -OCH3 is 1. The normalized spacial score (nSPS) is 11.5. The first-order valence-corrected chi connectivity index (χ1v) is 5.89. The van der Waals surface area contributed by atoms with Crippen LogP contribution in [0.3, 0.4) is 0 Å². The second-order valence-electron chi connectivity index (χ2n) is 4.23. The van der Waals surface area contributed by atoms with Gasteiger partial charge in [0, 0.05) is 18.9 Å². The lowest BCUT2D eigenvalue weighted by atomic mass is 10.0. The lowest BCUT2D eigenvalue weighted by Gasteiger charge is -2.15. The number of nitrogens with one attached hydrogen (secondary N) is 1. The first kappa shape index (κ1) is 14.9. The number of amides is 1. The third-order valence-electron chi connectivity index (χ3n) is 2.66. The lowest BCUT2D eigenvalue weighted by Crippen LogP contribution is -2.41. The van der Waals surface area contributed by atoms with Gasteiger partial charge in [-0.2, -0.15) is 0 Å². The summed E-state index contributed by atoms with van der Waals surface area (Å²) in [5.41, 5.74) is 1.45. The molecule has 0 bridgehead atoms. The van der Waals surface area contributed by atoms with Crippen molar-refractivity contribution in [3.63, 3.8) is 0 Å². The Morgan fingerprint density at radius 1 is 1.16 bits per heavy atom. The fraction of sp³-hybridized carbons (Fsp3) is 0.357. The van der Waals surface area contributed by atoms with E-state index in [9.17, 15) is 14.4 Å². The molecule has 19 heavy (non-hydrogen) atoms. The highest BCUT2D eigenvalue weighted by Crippen LogP contribution is 2.08. The van der Waals surface area contributed by atoms with Crippen molar-refractivity contribution in [2.24, 2.45) is 0 Å². The van der Waals surface area contributed by atoms with Gasteiger partial charge in [0.1, 0.15) is 6.04 Å². The molecule has 0 aliphatic carbocycles. The Hall–Kier alpha value is -2.17. The Kier molecular flexibility index (Phi) is 5.23. The van der Waals surface area contributed by atoms with E-state index in [0.29, 0.717) is 12.0 Å². The average Bonchev–Trinajstić information content (AvgIpc) is 2.37. The highest BCUT2D eigenvalue weighted by Gasteiger charge is 2.20. The highest BCUT2D eigenvalue weighted by molar-refractivity contribution is 5.94. The number of benzene rings is 1. The zero-order chi connectivity index (χ0) is 14.4. The topological polar surface area (TPSA) is 72.5 Å². The molecule has 1 aromatic rings. The van der Waals surface area contributed by atoms with Crippen LogP contribution in [0.25, 0.3) is 0 Å². The summed E-state index contributed by atoms with van der Waals surface area (Å²) in [7, 11) is 1.27. The van der Waals surface area contributed by atoms with Crippen molar-refractivity contribution in [3.8, 4) is 0 Å². The predicted octanol–water partition coefficient (Wildman–Crippen LogP) is 1.11. The van der Waals surface area contributed by atoms with E-state index in [0.717, 1.165) is 5.56 Å². The SMILES string of the molecule is COC(=O)[C@H](Cc1ccc(C(C)=O)cc1)NC(C)=O. The highest BCUT2D eigenvalue weighted by atomic mass is 16.5. The van der Waals surface area contributed by atoms with Gasteiger partial charge in [-0.15, -0.1) is 0 Å². The van der Waals surface area contributed by atoms with E-state index < -0.39 is 12.0 Å². The van der Waals surface area contributed by atoms with Crippen LogP contribution in [0, 0.1) is 0 Å². The number of hydrogen-bond donors (Lipinski definition) is 1. The Morgan fingerprint density at radius 2 is 1.74 bits per heavy atom. The molecule has 0 saturated heterocycles. The summed E-state index contributed by atoms with van der Waals surface area (Å²) in [6.07, 6.45) is 0.324. The second kappa shape index (κ2) is 6.68. The van der Waals surface area contributed by atoms with Crippen molar-refractivity contribution in [1.29, 1.82) is 0 Å². The third kappa shape index (κ3) is 4.54. The van der Waals surface area contributed by atoms with Crippen LogP contribution < -0.4 is 5.32 Å². The van der Waals surface area contributed by atoms with E-state index >= 15 is 0 Å². The largest absolute Gasteiger partial charge is 0.467 e. The maximum atomic E-state index is 11.5. The van der Waals surface area contributed by atoms with Crippen LogP contribution in [0.1, 0.15) is 29.8 Å². The van der Waals surface area contributed by atoms with Gasteiger partial charge in [-0.3, -0.25) is 9.59 Å². The van der Waals surface area contributed by atoms with Gasteiger partial charge in [0.15, 0.2) is 5.78 Å². The number of Topliss-reactive ketones (excluding diaryl/α,β-unsaturated/α-hetero) is 1. The molecule has 0 spiro atoms. The van der Waals surface area contributed by atoms with Crippen LogP contribution in [0.4, 0.5) is 0 Å². The monoisotopic (exact) mass is 263 g/mol. The maximum absolute atomic E-state index is 11.5. The average molecular weight is 263 g/mol. The molecule has 0 unspecified atom stereocenters. The van der Waals surface area contributed by atoms with Gasteiger partial charge in [-0.05, 0) is 12.5 Å². The van der Waals surface area contributed by atoms with Gasteiger partial charge < -0.3 is 10.1 Å². The van der Waals surface area contributed by atoms with Gasteiger partial charge in [-0.1, -0.05) is 24.3 Å². The summed E-state index contributed by atoms with van der Waals surface area (Å²) in [6.45, 7) is 2.83. The van der Waals surface area contributed by atoms with Crippen molar-refractivity contribution in [2.75, 3.05) is 7.11 Å². The Morgan fingerprint density at radius 3 is 2.16 bits per heavy atom. The molecular formula is C14H17NO4. The number of ether oxygens (including phenoxy) is 1. The Bertz CT molecular complexity index is 479. The molecule has 0 aliphatic rings. The zero-order valence-electron chi connectivity index (χ0n) is 11.2. The molecule has 102 valence electrons. The van der Waals surface area contributed by atoms with Crippen LogP contribution in [-0.4, -0.2) is 30.8 Å². The summed E-state index contributed by atoms with van der Waals surface area (Å²) in [5, 5.41) is 2.54. The molecule has 0 aliphatic heterocycles. The first-order chi connectivity index (χ1) is 8.93. The van der Waals surface area contributed by atoms with Gasteiger partial charge in [-0.25, -0.2) is 4.79 Å². The summed E-state index contributed by atoms with van der Waals surface area (Å²) in [4.78, 5) is 33.7. The predicted molar refractivity (Wildman–Crippen MR) is 69.8 cm³/mol. The smallest absolute Gasteiger partial charge is 0.328 e. The minimum absolute atomic E-state index is 0.0158. The molecule has 0 heterocycles. The summed E-state index contributed by atoms with van der Waals surface area (Å²) in [6, 6.07) is 6.19. The Labute approximate surface area is 111 Å². The Balaban J connectivity index is 2.81. The fourth-order valence-electron chi connectivity index (χ4n) is 1.69. The van der Waals surface area contributed by atoms with E-state index in [-0.39, 0.29) is 11.7 Å². The molecule has 5 nitrogen and oxygen atoms in total. The zero-order valence-corrected chi connectivity index (χ0v) is 11.2. The van der Waals surface area contributed by atoms with Gasteiger partial charge in [0.2, 0.25) is 5.91 Å². The number of rotatable bonds is 5. The van der Waals surface area contributed by atoms with Gasteiger partial charge in [0.05, 0.1) is 7.11 Å². The van der Waals surface area contributed by atoms with Crippen molar-refractivity contribution < 1.29 is 19.1 Å². The van der Waals surface area contributed by atoms with E-state index in [4.69, 9.17) is 0 Å². The quantitative estimate of drug-likeness (QED) is 0.638. The molecular weight excluding hydrogens is 246 g/mol. The van der Waals surface area contributed by atoms with Crippen molar-refractivity contribution in [2.45, 2.75) is 26.3 Å². The molecule has 0 fully saturated rings. The number of carbonyl (C=O) groups excluding carboxylic acids is 3. The number of hydrogen-bond acceptors (Lipinski definition) is 4. The van der Waals surface area contributed by atoms with E-state index in [1.54, 1.807) is 24.3 Å². The van der Waals surface area contributed by atoms with Crippen molar-refractivity contribution >= 4 is 17.7 Å². The van der Waals surface area contributed by atoms with Gasteiger partial charge >= 0.3 is 5.97 Å². The fourth-order valence-corrected chi connectivity index (χ4v) is 1.69. The summed E-state index contributed by atoms with van der Waals surface area (Å²) in [5.74, 6) is -0.806. The standard InChI is InChI=1S/C14H17NO4/c1-9(16)12-6-4-11(5-7-12)8-13(14(18)19-3)15-10(2)17/h4-7,13H,8H2,1-3H3,(H,15,17)/t13-/m0/s1. The number of ketones is 1. The molecule has 0 radical (unpaired) electrons. The molecule has 1 amide bonds. The van der Waals surface area contributed by atoms with E-state index in [1.807, 2.05) is 0 Å². The van der Waals surface area contributed by atoms with Crippen LogP contribution >= 0.6 is 0 Å². The minimum atomic E-state index is -0.717. The maximum Gasteiger partial charge on any atom is 0.328 e. The number of esters is 1. The van der Waals surface area contributed by atoms with Crippen molar-refractivity contribution in [1.82, 2.24) is 5.32 Å². The van der Waals surface area contributed by atoms with Crippen molar-refractivity contribution in [3.05, 3.63) is 35.4 Å². The number of carbonyl (C=O) groups is 3. The molecule has 1 aromatic carbocycles. The molecule has 1 atom stereocenters. The molecule has 5 heteroatoms. The summed E-state index contributed by atoms with van der Waals surface area (Å²) >= 11 is 0. The van der Waals surface area contributed by atoms with Gasteiger partial charge in [0.25, 0.3) is 0 Å². The van der Waals surface area contributed by atoms with E-state index in [1.165, 1.54) is 21.0 Å². The van der Waals surface area contributed by atoms with Crippen LogP contribution in [0.5, 0.6) is 0 Å². The summed E-state index contributed by atoms with van der Waals surface area (Å²) < 4.78 is 4.64. The lowest BCUT2D eigenvalue weighted by molar-refractivity contribution is -0.144. The molecule has 0 aromatic heterocycles. The molecule has 1 N–H and O–H groups in total.